The van der Waals surface area contributed by atoms with Crippen LogP contribution in [-0.4, -0.2) is 23.4 Å². The molecule has 0 spiro atoms. The smallest absolute Gasteiger partial charge is 0.379 e. The second kappa shape index (κ2) is 5.87. The molecule has 1 aromatic rings. The number of non-ortho nitro benzene ring substituents is 1. The largest absolute Gasteiger partial charge is 0.462 e. The lowest BCUT2D eigenvalue weighted by atomic mass is 10.00. The molecular formula is C11H11F3N2O4. The molecule has 2 N–H and O–H groups in total. The van der Waals surface area contributed by atoms with Gasteiger partial charge in [0.1, 0.15) is 11.9 Å². The molecule has 0 aromatic heterocycles. The third kappa shape index (κ3) is 3.05. The summed E-state index contributed by atoms with van der Waals surface area (Å²) in [5.41, 5.74) is 3.71. The fourth-order valence-corrected chi connectivity index (χ4v) is 1.43. The summed E-state index contributed by atoms with van der Waals surface area (Å²) in [5, 5.41) is 10.5. The summed E-state index contributed by atoms with van der Waals surface area (Å²) in [4.78, 5) is 20.7. The third-order valence-corrected chi connectivity index (χ3v) is 2.46. The van der Waals surface area contributed by atoms with Crippen LogP contribution in [0, 0.1) is 15.9 Å². The van der Waals surface area contributed by atoms with Gasteiger partial charge in [0.25, 0.3) is 5.69 Å². The molecule has 1 atom stereocenters. The van der Waals surface area contributed by atoms with Gasteiger partial charge in [0.2, 0.25) is 0 Å². The molecule has 0 fully saturated rings. The first-order valence-electron chi connectivity index (χ1n) is 5.46. The van der Waals surface area contributed by atoms with Gasteiger partial charge in [-0.1, -0.05) is 0 Å². The number of rotatable bonds is 5. The first-order valence-corrected chi connectivity index (χ1v) is 5.46. The Morgan fingerprint density at radius 3 is 2.65 bits per heavy atom. The highest BCUT2D eigenvalue weighted by Gasteiger charge is 2.49. The number of ether oxygens (including phenoxy) is 1. The van der Waals surface area contributed by atoms with Crippen LogP contribution in [0.25, 0.3) is 0 Å². The van der Waals surface area contributed by atoms with Crippen molar-refractivity contribution < 1.29 is 27.6 Å². The van der Waals surface area contributed by atoms with Gasteiger partial charge in [-0.2, -0.15) is 8.78 Å². The van der Waals surface area contributed by atoms with Crippen LogP contribution >= 0.6 is 0 Å². The summed E-state index contributed by atoms with van der Waals surface area (Å²) >= 11 is 0. The molecule has 0 saturated carbocycles. The number of halogens is 3. The van der Waals surface area contributed by atoms with Crippen molar-refractivity contribution in [2.45, 2.75) is 18.9 Å². The summed E-state index contributed by atoms with van der Waals surface area (Å²) < 4.78 is 44.9. The van der Waals surface area contributed by atoms with E-state index in [1.54, 1.807) is 0 Å². The summed E-state index contributed by atoms with van der Waals surface area (Å²) in [6.07, 6.45) is 0. The third-order valence-electron chi connectivity index (χ3n) is 2.46. The Morgan fingerprint density at radius 2 is 2.15 bits per heavy atom. The van der Waals surface area contributed by atoms with Crippen LogP contribution in [0.3, 0.4) is 0 Å². The number of carbonyl (C=O) groups excluding carboxylic acids is 1. The molecule has 0 aliphatic rings. The quantitative estimate of drug-likeness (QED) is 0.508. The van der Waals surface area contributed by atoms with Crippen LogP contribution in [0.2, 0.25) is 0 Å². The molecule has 110 valence electrons. The molecule has 0 unspecified atom stereocenters. The number of nitrogens with zero attached hydrogens (tertiary/aromatic N) is 1. The number of nitro benzene ring substituents is 1. The Labute approximate surface area is 111 Å². The summed E-state index contributed by atoms with van der Waals surface area (Å²) in [6, 6.07) is -0.392. The molecule has 0 amide bonds. The Morgan fingerprint density at radius 1 is 1.55 bits per heavy atom. The zero-order valence-electron chi connectivity index (χ0n) is 10.3. The average Bonchev–Trinajstić information content (AvgIpc) is 2.38. The predicted octanol–water partition coefficient (Wildman–Crippen LogP) is 1.93. The Hall–Kier alpha value is -2.16. The average molecular weight is 292 g/mol. The molecule has 0 radical (unpaired) electrons. The maximum atomic E-state index is 13.7. The standard InChI is InChI=1S/C11H11F3N2O4/c1-2-20-10(17)11(13,14)9(15)7-5-6(16(18)19)3-4-8(7)12/h3-5,9H,2,15H2,1H3/t9-/m1/s1. The van der Waals surface area contributed by atoms with Gasteiger partial charge in [-0.15, -0.1) is 0 Å². The Bertz CT molecular complexity index is 536. The van der Waals surface area contributed by atoms with E-state index in [-0.39, 0.29) is 6.61 Å². The highest BCUT2D eigenvalue weighted by atomic mass is 19.3. The van der Waals surface area contributed by atoms with E-state index in [9.17, 15) is 28.1 Å². The van der Waals surface area contributed by atoms with Crippen LogP contribution < -0.4 is 5.73 Å². The molecule has 20 heavy (non-hydrogen) atoms. The van der Waals surface area contributed by atoms with Crippen molar-refractivity contribution in [2.24, 2.45) is 5.73 Å². The van der Waals surface area contributed by atoms with Crippen molar-refractivity contribution in [3.8, 4) is 0 Å². The van der Waals surface area contributed by atoms with Gasteiger partial charge in [0.05, 0.1) is 11.5 Å². The van der Waals surface area contributed by atoms with Crippen molar-refractivity contribution in [2.75, 3.05) is 6.61 Å². The van der Waals surface area contributed by atoms with Gasteiger partial charge in [-0.05, 0) is 13.0 Å². The van der Waals surface area contributed by atoms with Crippen LogP contribution in [0.1, 0.15) is 18.5 Å². The Balaban J connectivity index is 3.19. The molecule has 9 heteroatoms. The van der Waals surface area contributed by atoms with E-state index in [2.05, 4.69) is 4.74 Å². The maximum Gasteiger partial charge on any atom is 0.379 e. The molecule has 0 aliphatic carbocycles. The van der Waals surface area contributed by atoms with Gasteiger partial charge in [0.15, 0.2) is 0 Å². The molecule has 6 nitrogen and oxygen atoms in total. The lowest BCUT2D eigenvalue weighted by Gasteiger charge is -2.22. The number of esters is 1. The molecule has 0 heterocycles. The topological polar surface area (TPSA) is 95.5 Å². The van der Waals surface area contributed by atoms with Crippen LogP contribution in [0.4, 0.5) is 18.9 Å². The van der Waals surface area contributed by atoms with Crippen molar-refractivity contribution in [1.82, 2.24) is 0 Å². The SMILES string of the molecule is CCOC(=O)C(F)(F)[C@H](N)c1cc([N+](=O)[O-])ccc1F. The minimum Gasteiger partial charge on any atom is -0.462 e. The van der Waals surface area contributed by atoms with Crippen molar-refractivity contribution >= 4 is 11.7 Å². The predicted molar refractivity (Wildman–Crippen MR) is 61.6 cm³/mol. The number of nitrogens with two attached hydrogens (primary N) is 1. The number of nitro groups is 1. The molecule has 0 aliphatic heterocycles. The van der Waals surface area contributed by atoms with Gasteiger partial charge < -0.3 is 10.5 Å². The monoisotopic (exact) mass is 292 g/mol. The van der Waals surface area contributed by atoms with Crippen LogP contribution in [0.5, 0.6) is 0 Å². The second-order valence-corrected chi connectivity index (χ2v) is 3.78. The van der Waals surface area contributed by atoms with E-state index >= 15 is 0 Å². The molecule has 0 saturated heterocycles. The highest BCUT2D eigenvalue weighted by Crippen LogP contribution is 2.33. The van der Waals surface area contributed by atoms with Crippen molar-refractivity contribution in [3.05, 3.63) is 39.7 Å². The summed E-state index contributed by atoms with van der Waals surface area (Å²) in [6.45, 7) is 1.01. The number of benzene rings is 1. The molecular weight excluding hydrogens is 281 g/mol. The van der Waals surface area contributed by atoms with E-state index in [1.165, 1.54) is 6.92 Å². The van der Waals surface area contributed by atoms with E-state index < -0.39 is 39.9 Å². The molecule has 0 bridgehead atoms. The normalized spacial score (nSPS) is 12.8. The van der Waals surface area contributed by atoms with Crippen LogP contribution in [0.15, 0.2) is 18.2 Å². The minimum absolute atomic E-state index is 0.307. The fraction of sp³-hybridized carbons (Fsp3) is 0.364. The first-order chi connectivity index (χ1) is 9.21. The first kappa shape index (κ1) is 15.9. The van der Waals surface area contributed by atoms with Crippen molar-refractivity contribution in [3.63, 3.8) is 0 Å². The summed E-state index contributed by atoms with van der Waals surface area (Å²) in [5.74, 6) is -7.29. The molecule has 1 rings (SSSR count). The van der Waals surface area contributed by atoms with Gasteiger partial charge in [0, 0.05) is 17.7 Å². The lowest BCUT2D eigenvalue weighted by Crippen LogP contribution is -2.42. The van der Waals surface area contributed by atoms with E-state index in [0.717, 1.165) is 6.07 Å². The van der Waals surface area contributed by atoms with Crippen molar-refractivity contribution in [1.29, 1.82) is 0 Å². The minimum atomic E-state index is -4.20. The van der Waals surface area contributed by atoms with Gasteiger partial charge >= 0.3 is 11.9 Å². The number of carbonyl (C=O) groups is 1. The lowest BCUT2D eigenvalue weighted by molar-refractivity contribution is -0.385. The van der Waals surface area contributed by atoms with E-state index in [0.29, 0.717) is 12.1 Å². The van der Waals surface area contributed by atoms with Crippen LogP contribution in [-0.2, 0) is 9.53 Å². The van der Waals surface area contributed by atoms with E-state index in [1.807, 2.05) is 0 Å². The zero-order chi connectivity index (χ0) is 15.5. The fourth-order valence-electron chi connectivity index (χ4n) is 1.43. The number of hydrogen-bond acceptors (Lipinski definition) is 5. The molecule has 1 aromatic carbocycles. The van der Waals surface area contributed by atoms with Gasteiger partial charge in [-0.25, -0.2) is 9.18 Å². The second-order valence-electron chi connectivity index (χ2n) is 3.78. The maximum absolute atomic E-state index is 13.7. The highest BCUT2D eigenvalue weighted by molar-refractivity contribution is 5.79. The van der Waals surface area contributed by atoms with Gasteiger partial charge in [-0.3, -0.25) is 10.1 Å². The summed E-state index contributed by atoms with van der Waals surface area (Å²) in [7, 11) is 0. The van der Waals surface area contributed by atoms with E-state index in [4.69, 9.17) is 5.73 Å². The Kier molecular flexibility index (Phi) is 4.66. The zero-order valence-corrected chi connectivity index (χ0v) is 10.3. The number of alkyl halides is 2. The number of hydrogen-bond donors (Lipinski definition) is 1.